The Morgan fingerprint density at radius 2 is 2.06 bits per heavy atom. The van der Waals surface area contributed by atoms with Gasteiger partial charge in [0.05, 0.1) is 12.1 Å². The summed E-state index contributed by atoms with van der Waals surface area (Å²) in [7, 11) is 0. The van der Waals surface area contributed by atoms with E-state index in [0.717, 1.165) is 12.8 Å². The topological polar surface area (TPSA) is 49.8 Å². The molecule has 4 atom stereocenters. The van der Waals surface area contributed by atoms with Crippen LogP contribution >= 0.6 is 0 Å². The Balaban J connectivity index is 2.14. The lowest BCUT2D eigenvalue weighted by Crippen LogP contribution is -2.62. The van der Waals surface area contributed by atoms with E-state index in [1.165, 1.54) is 4.90 Å². The highest BCUT2D eigenvalue weighted by Gasteiger charge is 2.48. The van der Waals surface area contributed by atoms with Gasteiger partial charge in [0.15, 0.2) is 0 Å². The average molecular weight is 259 g/mol. The highest BCUT2D eigenvalue weighted by molar-refractivity contribution is 5.69. The van der Waals surface area contributed by atoms with E-state index in [2.05, 4.69) is 0 Å². The summed E-state index contributed by atoms with van der Waals surface area (Å²) >= 11 is 0. The molecule has 2 heterocycles. The standard InChI is InChI=1S/C13H22FNO3/c1-13(2,3)18-12(17)15-8-5-4-6-9(15)11(14)10(16)7-8/h8-11,16H,4-7H2,1-3H3/t8-,9+,10+,11+/m1/s1. The molecule has 0 aromatic heterocycles. The molecule has 1 amide bonds. The van der Waals surface area contributed by atoms with Crippen LogP contribution in [0.25, 0.3) is 0 Å². The van der Waals surface area contributed by atoms with Crippen LogP contribution in [-0.4, -0.2) is 46.1 Å². The number of carbonyl (C=O) groups excluding carboxylic acids is 1. The number of hydrogen-bond donors (Lipinski definition) is 1. The molecule has 2 rings (SSSR count). The summed E-state index contributed by atoms with van der Waals surface area (Å²) in [4.78, 5) is 13.7. The molecule has 0 aliphatic carbocycles. The lowest BCUT2D eigenvalue weighted by atomic mass is 9.82. The monoisotopic (exact) mass is 259 g/mol. The number of nitrogens with zero attached hydrogens (tertiary/aromatic N) is 1. The number of aliphatic hydroxyl groups excluding tert-OH is 1. The number of alkyl halides is 1. The Labute approximate surface area is 107 Å². The summed E-state index contributed by atoms with van der Waals surface area (Å²) in [5.74, 6) is 0. The van der Waals surface area contributed by atoms with Crippen molar-refractivity contribution in [1.82, 2.24) is 4.90 Å². The maximum atomic E-state index is 14.0. The third-order valence-electron chi connectivity index (χ3n) is 3.64. The van der Waals surface area contributed by atoms with E-state index in [0.29, 0.717) is 12.8 Å². The van der Waals surface area contributed by atoms with Crippen molar-refractivity contribution < 1.29 is 19.0 Å². The minimum Gasteiger partial charge on any atom is -0.444 e. The van der Waals surface area contributed by atoms with Gasteiger partial charge in [0.25, 0.3) is 0 Å². The second kappa shape index (κ2) is 4.68. The molecular formula is C13H22FNO3. The first-order valence-corrected chi connectivity index (χ1v) is 6.63. The number of rotatable bonds is 0. The van der Waals surface area contributed by atoms with E-state index in [1.54, 1.807) is 20.8 Å². The van der Waals surface area contributed by atoms with Gasteiger partial charge < -0.3 is 9.84 Å². The van der Waals surface area contributed by atoms with Gasteiger partial charge in [-0.2, -0.15) is 0 Å². The van der Waals surface area contributed by atoms with Gasteiger partial charge >= 0.3 is 6.09 Å². The maximum Gasteiger partial charge on any atom is 0.410 e. The van der Waals surface area contributed by atoms with Gasteiger partial charge in [0.2, 0.25) is 0 Å². The zero-order chi connectivity index (χ0) is 13.5. The van der Waals surface area contributed by atoms with Gasteiger partial charge in [-0.25, -0.2) is 9.18 Å². The van der Waals surface area contributed by atoms with E-state index >= 15 is 0 Å². The van der Waals surface area contributed by atoms with Crippen molar-refractivity contribution in [2.45, 2.75) is 76.4 Å². The molecule has 0 spiro atoms. The molecule has 1 N–H and O–H groups in total. The molecule has 5 heteroatoms. The molecule has 0 aromatic rings. The predicted molar refractivity (Wildman–Crippen MR) is 65.0 cm³/mol. The van der Waals surface area contributed by atoms with E-state index in [9.17, 15) is 14.3 Å². The molecule has 0 unspecified atom stereocenters. The minimum atomic E-state index is -1.35. The summed E-state index contributed by atoms with van der Waals surface area (Å²) in [6.07, 6.45) is -0.105. The fourth-order valence-electron chi connectivity index (χ4n) is 2.92. The quantitative estimate of drug-likeness (QED) is 0.726. The summed E-state index contributed by atoms with van der Waals surface area (Å²) in [6, 6.07) is -0.608. The van der Waals surface area contributed by atoms with Crippen LogP contribution in [0.3, 0.4) is 0 Å². The lowest BCUT2D eigenvalue weighted by molar-refractivity contribution is -0.0865. The smallest absolute Gasteiger partial charge is 0.410 e. The SMILES string of the molecule is CC(C)(C)OC(=O)N1[C@@H]2CCC[C@H]1[C@H](F)[C@@H](O)C2. The molecule has 2 aliphatic heterocycles. The number of fused-ring (bicyclic) bond motifs is 2. The molecular weight excluding hydrogens is 237 g/mol. The Morgan fingerprint density at radius 3 is 2.67 bits per heavy atom. The van der Waals surface area contributed by atoms with Gasteiger partial charge in [-0.05, 0) is 46.5 Å². The van der Waals surface area contributed by atoms with Crippen LogP contribution < -0.4 is 0 Å². The molecule has 104 valence electrons. The second-order valence-electron chi connectivity index (χ2n) is 6.29. The molecule has 4 nitrogen and oxygen atoms in total. The van der Waals surface area contributed by atoms with Gasteiger partial charge in [-0.1, -0.05) is 0 Å². The van der Waals surface area contributed by atoms with Crippen molar-refractivity contribution in [2.75, 3.05) is 0 Å². The summed E-state index contributed by atoms with van der Waals surface area (Å²) in [5, 5.41) is 9.66. The molecule has 2 saturated heterocycles. The van der Waals surface area contributed by atoms with Crippen LogP contribution in [0, 0.1) is 0 Å². The Hall–Kier alpha value is -0.840. The number of halogens is 1. The van der Waals surface area contributed by atoms with E-state index in [-0.39, 0.29) is 6.04 Å². The van der Waals surface area contributed by atoms with Gasteiger partial charge in [-0.3, -0.25) is 4.90 Å². The third kappa shape index (κ3) is 2.60. The fourth-order valence-corrected chi connectivity index (χ4v) is 2.92. The number of carbonyl (C=O) groups is 1. The third-order valence-corrected chi connectivity index (χ3v) is 3.64. The van der Waals surface area contributed by atoms with Crippen LogP contribution in [-0.2, 0) is 4.74 Å². The Kier molecular flexibility index (Phi) is 3.54. The van der Waals surface area contributed by atoms with Crippen LogP contribution in [0.2, 0.25) is 0 Å². The van der Waals surface area contributed by atoms with E-state index in [1.807, 2.05) is 0 Å². The molecule has 0 saturated carbocycles. The van der Waals surface area contributed by atoms with E-state index in [4.69, 9.17) is 4.74 Å². The maximum absolute atomic E-state index is 14.0. The average Bonchev–Trinajstić information content (AvgIpc) is 2.23. The first-order valence-electron chi connectivity index (χ1n) is 6.63. The largest absolute Gasteiger partial charge is 0.444 e. The Morgan fingerprint density at radius 1 is 1.39 bits per heavy atom. The molecule has 2 aliphatic rings. The normalized spacial score (nSPS) is 36.4. The number of amides is 1. The molecule has 2 bridgehead atoms. The lowest BCUT2D eigenvalue weighted by Gasteiger charge is -2.49. The first kappa shape index (κ1) is 13.6. The van der Waals surface area contributed by atoms with Crippen molar-refractivity contribution in [3.8, 4) is 0 Å². The van der Waals surface area contributed by atoms with Gasteiger partial charge in [0, 0.05) is 6.04 Å². The second-order valence-corrected chi connectivity index (χ2v) is 6.29. The van der Waals surface area contributed by atoms with Crippen LogP contribution in [0.1, 0.15) is 46.5 Å². The number of aliphatic hydroxyl groups is 1. The minimum absolute atomic E-state index is 0.0828. The summed E-state index contributed by atoms with van der Waals surface area (Å²) in [5.41, 5.74) is -0.576. The van der Waals surface area contributed by atoms with E-state index < -0.39 is 30.0 Å². The van der Waals surface area contributed by atoms with Crippen LogP contribution in [0.4, 0.5) is 9.18 Å². The predicted octanol–water partition coefficient (Wildman–Crippen LogP) is 2.25. The van der Waals surface area contributed by atoms with Gasteiger partial charge in [-0.15, -0.1) is 0 Å². The van der Waals surface area contributed by atoms with Crippen LogP contribution in [0.15, 0.2) is 0 Å². The summed E-state index contributed by atoms with van der Waals surface area (Å²) in [6.45, 7) is 5.39. The zero-order valence-corrected chi connectivity index (χ0v) is 11.2. The highest BCUT2D eigenvalue weighted by atomic mass is 19.1. The number of hydrogen-bond acceptors (Lipinski definition) is 3. The number of piperidine rings is 2. The molecule has 2 fully saturated rings. The number of ether oxygens (including phenoxy) is 1. The van der Waals surface area contributed by atoms with Crippen molar-refractivity contribution in [1.29, 1.82) is 0 Å². The highest BCUT2D eigenvalue weighted by Crippen LogP contribution is 2.36. The van der Waals surface area contributed by atoms with Gasteiger partial charge in [0.1, 0.15) is 11.8 Å². The van der Waals surface area contributed by atoms with Crippen LogP contribution in [0.5, 0.6) is 0 Å². The van der Waals surface area contributed by atoms with Crippen molar-refractivity contribution in [3.63, 3.8) is 0 Å². The first-order chi connectivity index (χ1) is 8.29. The molecule has 0 radical (unpaired) electrons. The zero-order valence-electron chi connectivity index (χ0n) is 11.2. The molecule has 18 heavy (non-hydrogen) atoms. The van der Waals surface area contributed by atoms with Crippen molar-refractivity contribution >= 4 is 6.09 Å². The molecule has 0 aromatic carbocycles. The van der Waals surface area contributed by atoms with Crippen molar-refractivity contribution in [3.05, 3.63) is 0 Å². The Bertz CT molecular complexity index is 329. The fraction of sp³-hybridized carbons (Fsp3) is 0.923. The van der Waals surface area contributed by atoms with Crippen molar-refractivity contribution in [2.24, 2.45) is 0 Å². The summed E-state index contributed by atoms with van der Waals surface area (Å²) < 4.78 is 19.3.